The first-order chi connectivity index (χ1) is 13.0. The van der Waals surface area contributed by atoms with E-state index < -0.39 is 5.97 Å². The van der Waals surface area contributed by atoms with Gasteiger partial charge in [-0.1, -0.05) is 24.1 Å². The number of rotatable bonds is 8. The second-order valence-electron chi connectivity index (χ2n) is 7.26. The van der Waals surface area contributed by atoms with Crippen LogP contribution in [0.5, 0.6) is 0 Å². The minimum absolute atomic E-state index is 0.182. The summed E-state index contributed by atoms with van der Waals surface area (Å²) >= 11 is 1.51. The fraction of sp³-hybridized carbons (Fsp3) is 0.524. The average Bonchev–Trinajstić information content (AvgIpc) is 3.01. The van der Waals surface area contributed by atoms with Gasteiger partial charge in [-0.05, 0) is 56.9 Å². The van der Waals surface area contributed by atoms with Gasteiger partial charge in [0.05, 0.1) is 18.5 Å². The second kappa shape index (κ2) is 9.42. The van der Waals surface area contributed by atoms with Crippen LogP contribution in [0.1, 0.15) is 42.7 Å². The van der Waals surface area contributed by atoms with Crippen LogP contribution in [0, 0.1) is 19.8 Å². The van der Waals surface area contributed by atoms with Crippen LogP contribution in [0.2, 0.25) is 0 Å². The lowest BCUT2D eigenvalue weighted by Gasteiger charge is -2.28. The zero-order valence-corrected chi connectivity index (χ0v) is 16.8. The number of hydrogen-bond acceptors (Lipinski definition) is 5. The fourth-order valence-electron chi connectivity index (χ4n) is 3.44. The Kier molecular flexibility index (Phi) is 6.96. The summed E-state index contributed by atoms with van der Waals surface area (Å²) in [5.41, 5.74) is 3.04. The molecule has 0 unspecified atom stereocenters. The molecule has 1 heterocycles. The highest BCUT2D eigenvalue weighted by molar-refractivity contribution is 7.99. The zero-order chi connectivity index (χ0) is 19.2. The summed E-state index contributed by atoms with van der Waals surface area (Å²) in [5, 5.41) is 8.77. The van der Waals surface area contributed by atoms with E-state index >= 15 is 0 Å². The van der Waals surface area contributed by atoms with Gasteiger partial charge in [0.2, 0.25) is 5.89 Å². The molecule has 5 nitrogen and oxygen atoms in total. The van der Waals surface area contributed by atoms with Crippen molar-refractivity contribution in [3.8, 4) is 11.5 Å². The highest BCUT2D eigenvalue weighted by Crippen LogP contribution is 2.30. The Morgan fingerprint density at radius 3 is 2.81 bits per heavy atom. The maximum atomic E-state index is 10.7. The maximum absolute atomic E-state index is 10.7. The van der Waals surface area contributed by atoms with Crippen LogP contribution in [0.4, 0.5) is 0 Å². The first-order valence-corrected chi connectivity index (χ1v) is 10.6. The molecule has 0 aliphatic heterocycles. The first-order valence-electron chi connectivity index (χ1n) is 9.45. The predicted molar refractivity (Wildman–Crippen MR) is 107 cm³/mol. The number of nitrogens with zero attached hydrogens (tertiary/aromatic N) is 1. The van der Waals surface area contributed by atoms with Gasteiger partial charge in [0.25, 0.3) is 0 Å². The Labute approximate surface area is 164 Å². The van der Waals surface area contributed by atoms with Crippen molar-refractivity contribution in [2.75, 3.05) is 11.5 Å². The van der Waals surface area contributed by atoms with Crippen molar-refractivity contribution in [1.29, 1.82) is 0 Å². The fourth-order valence-corrected chi connectivity index (χ4v) is 4.36. The van der Waals surface area contributed by atoms with E-state index in [2.05, 4.69) is 24.0 Å². The van der Waals surface area contributed by atoms with Crippen LogP contribution in [0.3, 0.4) is 0 Å². The van der Waals surface area contributed by atoms with Crippen molar-refractivity contribution < 1.29 is 19.1 Å². The van der Waals surface area contributed by atoms with E-state index in [4.69, 9.17) is 14.3 Å². The number of aromatic nitrogens is 1. The SMILES string of the molecule is Cc1ccc(-c2nc(CO[C@H]3CCC[C@@H](CSCC(=O)O)C3)c(C)o2)cc1. The maximum Gasteiger partial charge on any atom is 0.313 e. The van der Waals surface area contributed by atoms with Crippen LogP contribution in [0.15, 0.2) is 28.7 Å². The lowest BCUT2D eigenvalue weighted by molar-refractivity contribution is -0.133. The lowest BCUT2D eigenvalue weighted by Crippen LogP contribution is -2.24. The van der Waals surface area contributed by atoms with Crippen LogP contribution >= 0.6 is 11.8 Å². The summed E-state index contributed by atoms with van der Waals surface area (Å²) in [5.74, 6) is 2.31. The van der Waals surface area contributed by atoms with Crippen molar-refractivity contribution in [2.45, 2.75) is 52.2 Å². The molecule has 1 aromatic heterocycles. The van der Waals surface area contributed by atoms with E-state index in [-0.39, 0.29) is 11.9 Å². The second-order valence-corrected chi connectivity index (χ2v) is 8.29. The summed E-state index contributed by atoms with van der Waals surface area (Å²) in [6.45, 7) is 4.44. The number of carbonyl (C=O) groups is 1. The molecule has 0 bridgehead atoms. The molecule has 6 heteroatoms. The topological polar surface area (TPSA) is 72.6 Å². The standard InChI is InChI=1S/C21H27NO4S/c1-14-6-8-17(9-7-14)21-22-19(15(2)26-21)11-25-18-5-3-4-16(10-18)12-27-13-20(23)24/h6-9,16,18H,3-5,10-13H2,1-2H3,(H,23,24)/t16-,18+/m1/s1. The molecule has 1 N–H and O–H groups in total. The molecular formula is C21H27NO4S. The third-order valence-corrected chi connectivity index (χ3v) is 6.12. The highest BCUT2D eigenvalue weighted by atomic mass is 32.2. The monoisotopic (exact) mass is 389 g/mol. The van der Waals surface area contributed by atoms with Crippen molar-refractivity contribution in [1.82, 2.24) is 4.98 Å². The molecule has 1 fully saturated rings. The van der Waals surface area contributed by atoms with Crippen molar-refractivity contribution in [3.63, 3.8) is 0 Å². The van der Waals surface area contributed by atoms with Gasteiger partial charge >= 0.3 is 5.97 Å². The molecule has 2 aromatic rings. The Hall–Kier alpha value is -1.79. The van der Waals surface area contributed by atoms with Crippen LogP contribution in [-0.4, -0.2) is 33.7 Å². The van der Waals surface area contributed by atoms with Crippen LogP contribution in [-0.2, 0) is 16.1 Å². The smallest absolute Gasteiger partial charge is 0.313 e. The quantitative estimate of drug-likeness (QED) is 0.696. The summed E-state index contributed by atoms with van der Waals surface area (Å²) < 4.78 is 12.0. The number of hydrogen-bond donors (Lipinski definition) is 1. The number of aryl methyl sites for hydroxylation is 2. The molecule has 0 radical (unpaired) electrons. The molecule has 1 aliphatic carbocycles. The van der Waals surface area contributed by atoms with Crippen molar-refractivity contribution in [2.24, 2.45) is 5.92 Å². The van der Waals surface area contributed by atoms with Gasteiger partial charge in [0.15, 0.2) is 0 Å². The van der Waals surface area contributed by atoms with E-state index in [0.717, 1.165) is 48.5 Å². The molecule has 27 heavy (non-hydrogen) atoms. The van der Waals surface area contributed by atoms with Gasteiger partial charge in [0, 0.05) is 5.56 Å². The number of aliphatic carboxylic acids is 1. The molecule has 0 saturated heterocycles. The summed E-state index contributed by atoms with van der Waals surface area (Å²) in [4.78, 5) is 15.3. The van der Waals surface area contributed by atoms with E-state index in [1.807, 2.05) is 19.1 Å². The molecule has 1 aromatic carbocycles. The van der Waals surface area contributed by atoms with E-state index in [1.54, 1.807) is 0 Å². The molecule has 1 saturated carbocycles. The van der Waals surface area contributed by atoms with Crippen LogP contribution in [0.25, 0.3) is 11.5 Å². The van der Waals surface area contributed by atoms with Gasteiger partial charge in [-0.3, -0.25) is 4.79 Å². The number of carboxylic acid groups (broad SMARTS) is 1. The zero-order valence-electron chi connectivity index (χ0n) is 15.9. The van der Waals surface area contributed by atoms with E-state index in [0.29, 0.717) is 18.4 Å². The largest absolute Gasteiger partial charge is 0.481 e. The summed E-state index contributed by atoms with van der Waals surface area (Å²) in [6.07, 6.45) is 4.56. The van der Waals surface area contributed by atoms with E-state index in [1.165, 1.54) is 17.3 Å². The van der Waals surface area contributed by atoms with Crippen LogP contribution < -0.4 is 0 Å². The van der Waals surface area contributed by atoms with Gasteiger partial charge < -0.3 is 14.3 Å². The number of ether oxygens (including phenoxy) is 1. The van der Waals surface area contributed by atoms with Crippen molar-refractivity contribution >= 4 is 17.7 Å². The Morgan fingerprint density at radius 1 is 1.30 bits per heavy atom. The molecule has 2 atom stereocenters. The van der Waals surface area contributed by atoms with Gasteiger partial charge in [-0.2, -0.15) is 0 Å². The Balaban J connectivity index is 1.52. The van der Waals surface area contributed by atoms with Gasteiger partial charge in [0.1, 0.15) is 11.5 Å². The van der Waals surface area contributed by atoms with E-state index in [9.17, 15) is 4.79 Å². The molecule has 3 rings (SSSR count). The first kappa shape index (κ1) is 20.0. The third kappa shape index (κ3) is 5.84. The lowest BCUT2D eigenvalue weighted by atomic mass is 9.88. The Bertz CT molecular complexity index is 756. The molecule has 1 aliphatic rings. The van der Waals surface area contributed by atoms with Gasteiger partial charge in [-0.25, -0.2) is 4.98 Å². The number of benzene rings is 1. The minimum Gasteiger partial charge on any atom is -0.481 e. The Morgan fingerprint density at radius 2 is 2.07 bits per heavy atom. The number of oxazole rings is 1. The predicted octanol–water partition coefficient (Wildman–Crippen LogP) is 4.85. The normalized spacial score (nSPS) is 19.9. The molecule has 0 spiro atoms. The van der Waals surface area contributed by atoms with Crippen molar-refractivity contribution in [3.05, 3.63) is 41.3 Å². The third-order valence-electron chi connectivity index (χ3n) is 4.96. The highest BCUT2D eigenvalue weighted by Gasteiger charge is 2.23. The number of carboxylic acids is 1. The van der Waals surface area contributed by atoms with Gasteiger partial charge in [-0.15, -0.1) is 11.8 Å². The minimum atomic E-state index is -0.741. The summed E-state index contributed by atoms with van der Waals surface area (Å²) in [6, 6.07) is 8.14. The molecular weight excluding hydrogens is 362 g/mol. The molecule has 0 amide bonds. The summed E-state index contributed by atoms with van der Waals surface area (Å²) in [7, 11) is 0. The number of thioether (sulfide) groups is 1. The average molecular weight is 390 g/mol. The molecule has 146 valence electrons.